The van der Waals surface area contributed by atoms with Gasteiger partial charge in [-0.25, -0.2) is 4.98 Å². The van der Waals surface area contributed by atoms with Crippen LogP contribution in [0.25, 0.3) is 11.0 Å². The van der Waals surface area contributed by atoms with E-state index in [2.05, 4.69) is 14.8 Å². The Kier molecular flexibility index (Phi) is 5.51. The Morgan fingerprint density at radius 2 is 1.66 bits per heavy atom. The van der Waals surface area contributed by atoms with Gasteiger partial charge in [0.1, 0.15) is 11.4 Å². The molecule has 2 fully saturated rings. The monoisotopic (exact) mass is 433 g/mol. The number of amides is 1. The van der Waals surface area contributed by atoms with Crippen LogP contribution < -0.4 is 15.2 Å². The van der Waals surface area contributed by atoms with E-state index in [1.807, 2.05) is 13.0 Å². The number of benzene rings is 1. The average molecular weight is 434 g/mol. The first-order valence-electron chi connectivity index (χ1n) is 11.3. The molecule has 2 aliphatic rings. The van der Waals surface area contributed by atoms with Gasteiger partial charge in [-0.3, -0.25) is 9.59 Å². The molecule has 8 nitrogen and oxygen atoms in total. The van der Waals surface area contributed by atoms with Crippen LogP contribution in [0.4, 0.5) is 11.8 Å². The third kappa shape index (κ3) is 4.04. The number of rotatable bonds is 3. The van der Waals surface area contributed by atoms with Crippen molar-refractivity contribution in [2.45, 2.75) is 26.2 Å². The average Bonchev–Trinajstić information content (AvgIpc) is 2.84. The highest BCUT2D eigenvalue weighted by atomic mass is 16.3. The lowest BCUT2D eigenvalue weighted by Gasteiger charge is -2.35. The van der Waals surface area contributed by atoms with Crippen LogP contribution in [0.2, 0.25) is 0 Å². The Labute approximate surface area is 186 Å². The lowest BCUT2D eigenvalue weighted by molar-refractivity contribution is 0.0715. The van der Waals surface area contributed by atoms with Gasteiger partial charge in [0.05, 0.1) is 5.39 Å². The van der Waals surface area contributed by atoms with Crippen molar-refractivity contribution in [1.29, 1.82) is 0 Å². The van der Waals surface area contributed by atoms with Gasteiger partial charge in [0, 0.05) is 57.1 Å². The summed E-state index contributed by atoms with van der Waals surface area (Å²) in [5.41, 5.74) is 1.19. The molecule has 0 atom stereocenters. The highest BCUT2D eigenvalue weighted by Crippen LogP contribution is 2.22. The van der Waals surface area contributed by atoms with Crippen LogP contribution in [0.15, 0.2) is 45.6 Å². The number of carbonyl (C=O) groups excluding carboxylic acids is 1. The molecule has 0 bridgehead atoms. The lowest BCUT2D eigenvalue weighted by atomic mass is 10.1. The van der Waals surface area contributed by atoms with Crippen molar-refractivity contribution in [2.75, 3.05) is 49.1 Å². The number of carbonyl (C=O) groups is 1. The second kappa shape index (κ2) is 8.61. The van der Waals surface area contributed by atoms with Crippen molar-refractivity contribution < 1.29 is 9.21 Å². The van der Waals surface area contributed by atoms with E-state index in [1.165, 1.54) is 25.3 Å². The molecule has 4 heterocycles. The number of nitrogens with zero attached hydrogens (tertiary/aromatic N) is 5. The highest BCUT2D eigenvalue weighted by molar-refractivity contribution is 5.93. The summed E-state index contributed by atoms with van der Waals surface area (Å²) in [5, 5.41) is 0.484. The smallest absolute Gasteiger partial charge is 0.289 e. The minimum Gasteiger partial charge on any atom is -0.451 e. The minimum atomic E-state index is -0.250. The number of anilines is 2. The van der Waals surface area contributed by atoms with Crippen LogP contribution in [-0.2, 0) is 0 Å². The van der Waals surface area contributed by atoms with Gasteiger partial charge in [-0.1, -0.05) is 12.1 Å². The third-order valence-electron chi connectivity index (χ3n) is 6.20. The van der Waals surface area contributed by atoms with Crippen molar-refractivity contribution >= 4 is 28.6 Å². The van der Waals surface area contributed by atoms with Crippen molar-refractivity contribution in [3.63, 3.8) is 0 Å². The lowest BCUT2D eigenvalue weighted by Crippen LogP contribution is -2.49. The quantitative estimate of drug-likeness (QED) is 0.628. The van der Waals surface area contributed by atoms with E-state index < -0.39 is 0 Å². The molecule has 5 rings (SSSR count). The third-order valence-corrected chi connectivity index (χ3v) is 6.20. The normalized spacial score (nSPS) is 17.1. The van der Waals surface area contributed by atoms with Crippen LogP contribution in [0.5, 0.6) is 0 Å². The Morgan fingerprint density at radius 1 is 0.906 bits per heavy atom. The molecule has 2 aromatic heterocycles. The van der Waals surface area contributed by atoms with E-state index in [0.717, 1.165) is 30.5 Å². The van der Waals surface area contributed by atoms with Crippen LogP contribution in [0.1, 0.15) is 35.5 Å². The maximum atomic E-state index is 13.0. The Balaban J connectivity index is 1.30. The maximum absolute atomic E-state index is 13.0. The number of hydrogen-bond donors (Lipinski definition) is 0. The minimum absolute atomic E-state index is 0.0902. The first kappa shape index (κ1) is 20.5. The molecule has 1 amide bonds. The standard InChI is InChI=1S/C24H27N5O3/c1-17-15-22(26-24(25-17)29-9-5-2-6-10-29)27-11-13-28(14-12-27)23(31)21-16-19(30)18-7-3-4-8-20(18)32-21/h3-4,7-8,15-16H,2,5-6,9-14H2,1H3. The molecule has 0 spiro atoms. The summed E-state index contributed by atoms with van der Waals surface area (Å²) in [7, 11) is 0. The fourth-order valence-electron chi connectivity index (χ4n) is 4.44. The molecule has 1 aromatic carbocycles. The van der Waals surface area contributed by atoms with Gasteiger partial charge in [-0.15, -0.1) is 0 Å². The second-order valence-electron chi connectivity index (χ2n) is 8.47. The first-order valence-corrected chi connectivity index (χ1v) is 11.3. The van der Waals surface area contributed by atoms with Crippen LogP contribution in [0, 0.1) is 6.92 Å². The van der Waals surface area contributed by atoms with Gasteiger partial charge in [0.25, 0.3) is 5.91 Å². The van der Waals surface area contributed by atoms with Gasteiger partial charge in [-0.2, -0.15) is 4.98 Å². The fourth-order valence-corrected chi connectivity index (χ4v) is 4.44. The molecule has 2 aliphatic heterocycles. The zero-order valence-corrected chi connectivity index (χ0v) is 18.3. The number of piperazine rings is 1. The predicted octanol–water partition coefficient (Wildman–Crippen LogP) is 2.84. The van der Waals surface area contributed by atoms with E-state index in [9.17, 15) is 9.59 Å². The topological polar surface area (TPSA) is 82.8 Å². The zero-order chi connectivity index (χ0) is 22.1. The molecule has 0 radical (unpaired) electrons. The first-order chi connectivity index (χ1) is 15.6. The van der Waals surface area contributed by atoms with Crippen molar-refractivity contribution in [1.82, 2.24) is 14.9 Å². The molecule has 0 unspecified atom stereocenters. The second-order valence-corrected chi connectivity index (χ2v) is 8.47. The zero-order valence-electron chi connectivity index (χ0n) is 18.3. The Bertz CT molecular complexity index is 1190. The van der Waals surface area contributed by atoms with Gasteiger partial charge < -0.3 is 19.1 Å². The maximum Gasteiger partial charge on any atom is 0.289 e. The predicted molar refractivity (Wildman–Crippen MR) is 123 cm³/mol. The van der Waals surface area contributed by atoms with E-state index >= 15 is 0 Å². The Hall–Kier alpha value is -3.42. The SMILES string of the molecule is Cc1cc(N2CCN(C(=O)c3cc(=O)c4ccccc4o3)CC2)nc(N2CCCCC2)n1. The number of aryl methyl sites for hydroxylation is 1. The molecule has 0 saturated carbocycles. The number of aromatic nitrogens is 2. The summed E-state index contributed by atoms with van der Waals surface area (Å²) in [6.45, 7) is 6.41. The highest BCUT2D eigenvalue weighted by Gasteiger charge is 2.26. The van der Waals surface area contributed by atoms with Crippen LogP contribution in [-0.4, -0.2) is 60.0 Å². The summed E-state index contributed by atoms with van der Waals surface area (Å²) in [6.07, 6.45) is 3.62. The summed E-state index contributed by atoms with van der Waals surface area (Å²) < 4.78 is 5.74. The van der Waals surface area contributed by atoms with Crippen molar-refractivity contribution in [3.05, 3.63) is 58.1 Å². The molecule has 166 valence electrons. The number of fused-ring (bicyclic) bond motifs is 1. The molecule has 2 saturated heterocycles. The van der Waals surface area contributed by atoms with Gasteiger partial charge in [0.2, 0.25) is 5.95 Å². The van der Waals surface area contributed by atoms with Crippen molar-refractivity contribution in [2.24, 2.45) is 0 Å². The van der Waals surface area contributed by atoms with E-state index in [-0.39, 0.29) is 17.1 Å². The van der Waals surface area contributed by atoms with Gasteiger partial charge in [-0.05, 0) is 38.3 Å². The molecule has 0 N–H and O–H groups in total. The molecular weight excluding hydrogens is 406 g/mol. The number of hydrogen-bond acceptors (Lipinski definition) is 7. The van der Waals surface area contributed by atoms with E-state index in [0.29, 0.717) is 37.1 Å². The summed E-state index contributed by atoms with van der Waals surface area (Å²) in [5.74, 6) is 1.55. The van der Waals surface area contributed by atoms with Crippen LogP contribution in [0.3, 0.4) is 0 Å². The van der Waals surface area contributed by atoms with Gasteiger partial charge in [0.15, 0.2) is 11.2 Å². The van der Waals surface area contributed by atoms with E-state index in [4.69, 9.17) is 9.40 Å². The summed E-state index contributed by atoms with van der Waals surface area (Å²) in [6, 6.07) is 10.3. The summed E-state index contributed by atoms with van der Waals surface area (Å²) >= 11 is 0. The van der Waals surface area contributed by atoms with Crippen LogP contribution >= 0.6 is 0 Å². The van der Waals surface area contributed by atoms with Crippen molar-refractivity contribution in [3.8, 4) is 0 Å². The number of piperidine rings is 1. The molecule has 8 heteroatoms. The molecule has 32 heavy (non-hydrogen) atoms. The molecular formula is C24H27N5O3. The largest absolute Gasteiger partial charge is 0.451 e. The molecule has 0 aliphatic carbocycles. The number of para-hydroxylation sites is 1. The molecule has 3 aromatic rings. The summed E-state index contributed by atoms with van der Waals surface area (Å²) in [4.78, 5) is 41.0. The van der Waals surface area contributed by atoms with E-state index in [1.54, 1.807) is 29.2 Å². The fraction of sp³-hybridized carbons (Fsp3) is 0.417. The Morgan fingerprint density at radius 3 is 2.44 bits per heavy atom. The van der Waals surface area contributed by atoms with Gasteiger partial charge >= 0.3 is 0 Å².